The van der Waals surface area contributed by atoms with Crippen LogP contribution < -0.4 is 10.1 Å². The number of nitrogens with one attached hydrogen (secondary N) is 1. The molecule has 2 aliphatic rings. The average molecular weight is 288 g/mol. The summed E-state index contributed by atoms with van der Waals surface area (Å²) in [4.78, 5) is 2.50. The van der Waals surface area contributed by atoms with Crippen molar-refractivity contribution in [2.75, 3.05) is 26.7 Å². The van der Waals surface area contributed by atoms with Gasteiger partial charge in [0.2, 0.25) is 0 Å². The Morgan fingerprint density at radius 2 is 2.14 bits per heavy atom. The summed E-state index contributed by atoms with van der Waals surface area (Å²) in [6.45, 7) is 5.30. The summed E-state index contributed by atoms with van der Waals surface area (Å²) in [6, 6.07) is 10.0. The number of benzene rings is 1. The predicted octanol–water partition coefficient (Wildman–Crippen LogP) is 3.22. The Bertz CT molecular complexity index is 458. The second kappa shape index (κ2) is 6.80. The smallest absolute Gasteiger partial charge is 0.119 e. The van der Waals surface area contributed by atoms with Crippen LogP contribution in [0.15, 0.2) is 24.3 Å². The van der Waals surface area contributed by atoms with E-state index in [1.807, 2.05) is 0 Å². The van der Waals surface area contributed by atoms with Gasteiger partial charge in [0.15, 0.2) is 0 Å². The summed E-state index contributed by atoms with van der Waals surface area (Å²) in [6.07, 6.45) is 5.09. The molecule has 1 aromatic carbocycles. The maximum atomic E-state index is 5.80. The van der Waals surface area contributed by atoms with Gasteiger partial charge in [0, 0.05) is 18.6 Å². The van der Waals surface area contributed by atoms with Crippen LogP contribution in [0.2, 0.25) is 0 Å². The fraction of sp³-hybridized carbons (Fsp3) is 0.667. The highest BCUT2D eigenvalue weighted by atomic mass is 16.5. The fourth-order valence-corrected chi connectivity index (χ4v) is 3.38. The number of ether oxygens (including phenoxy) is 1. The second-order valence-corrected chi connectivity index (χ2v) is 6.58. The van der Waals surface area contributed by atoms with E-state index in [0.717, 1.165) is 37.3 Å². The Hall–Kier alpha value is -1.06. The molecule has 21 heavy (non-hydrogen) atoms. The third-order valence-electron chi connectivity index (χ3n) is 4.69. The number of hydrogen-bond donors (Lipinski definition) is 1. The summed E-state index contributed by atoms with van der Waals surface area (Å²) in [5.41, 5.74) is 1.41. The van der Waals surface area contributed by atoms with Gasteiger partial charge in [0.25, 0.3) is 0 Å². The van der Waals surface area contributed by atoms with Gasteiger partial charge in [0.05, 0.1) is 6.61 Å². The highest BCUT2D eigenvalue weighted by molar-refractivity contribution is 5.31. The number of likely N-dealkylation sites (tertiary alicyclic amines) is 1. The van der Waals surface area contributed by atoms with E-state index < -0.39 is 0 Å². The average Bonchev–Trinajstić information content (AvgIpc) is 3.26. The van der Waals surface area contributed by atoms with Crippen molar-refractivity contribution in [3.63, 3.8) is 0 Å². The van der Waals surface area contributed by atoms with Gasteiger partial charge in [-0.05, 0) is 62.9 Å². The van der Waals surface area contributed by atoms with Gasteiger partial charge in [-0.25, -0.2) is 0 Å². The van der Waals surface area contributed by atoms with Crippen LogP contribution in [0, 0.1) is 5.92 Å². The zero-order valence-corrected chi connectivity index (χ0v) is 13.3. The van der Waals surface area contributed by atoms with E-state index in [4.69, 9.17) is 4.74 Å². The van der Waals surface area contributed by atoms with Gasteiger partial charge in [-0.1, -0.05) is 19.1 Å². The lowest BCUT2D eigenvalue weighted by Gasteiger charge is -2.26. The molecule has 2 fully saturated rings. The molecule has 1 saturated heterocycles. The van der Waals surface area contributed by atoms with Crippen LogP contribution in [0.5, 0.6) is 5.75 Å². The van der Waals surface area contributed by atoms with Gasteiger partial charge in [-0.2, -0.15) is 0 Å². The SMILES string of the molecule is CCCOc1cccc(C2C(CNC3CC3)CCN2C)c1. The van der Waals surface area contributed by atoms with E-state index in [2.05, 4.69) is 48.5 Å². The normalized spacial score (nSPS) is 26.2. The van der Waals surface area contributed by atoms with Crippen molar-refractivity contribution >= 4 is 0 Å². The van der Waals surface area contributed by atoms with Gasteiger partial charge in [0.1, 0.15) is 5.75 Å². The fourth-order valence-electron chi connectivity index (χ4n) is 3.38. The van der Waals surface area contributed by atoms with Crippen molar-refractivity contribution in [1.29, 1.82) is 0 Å². The number of nitrogens with zero attached hydrogens (tertiary/aromatic N) is 1. The Morgan fingerprint density at radius 3 is 2.90 bits per heavy atom. The lowest BCUT2D eigenvalue weighted by atomic mass is 9.93. The minimum Gasteiger partial charge on any atom is -0.494 e. The molecule has 0 spiro atoms. The van der Waals surface area contributed by atoms with Crippen LogP contribution in [-0.4, -0.2) is 37.7 Å². The van der Waals surface area contributed by atoms with E-state index >= 15 is 0 Å². The molecule has 1 aliphatic carbocycles. The molecular formula is C18H28N2O. The Labute approximate surface area is 128 Å². The molecule has 1 heterocycles. The first-order chi connectivity index (χ1) is 10.3. The molecule has 2 atom stereocenters. The predicted molar refractivity (Wildman–Crippen MR) is 86.7 cm³/mol. The molecule has 1 saturated carbocycles. The number of rotatable bonds is 7. The van der Waals surface area contributed by atoms with Gasteiger partial charge in [-0.15, -0.1) is 0 Å². The number of hydrogen-bond acceptors (Lipinski definition) is 3. The molecule has 116 valence electrons. The molecule has 3 nitrogen and oxygen atoms in total. The van der Waals surface area contributed by atoms with E-state index in [-0.39, 0.29) is 0 Å². The first kappa shape index (κ1) is 14.9. The molecule has 3 rings (SSSR count). The quantitative estimate of drug-likeness (QED) is 0.834. The summed E-state index contributed by atoms with van der Waals surface area (Å²) in [5, 5.41) is 3.71. The zero-order chi connectivity index (χ0) is 14.7. The Morgan fingerprint density at radius 1 is 1.29 bits per heavy atom. The van der Waals surface area contributed by atoms with Crippen molar-refractivity contribution < 1.29 is 4.74 Å². The highest BCUT2D eigenvalue weighted by Crippen LogP contribution is 2.37. The van der Waals surface area contributed by atoms with Crippen LogP contribution in [0.1, 0.15) is 44.2 Å². The Kier molecular flexibility index (Phi) is 4.81. The van der Waals surface area contributed by atoms with E-state index in [0.29, 0.717) is 6.04 Å². The molecule has 0 amide bonds. The lowest BCUT2D eigenvalue weighted by Crippen LogP contribution is -2.29. The second-order valence-electron chi connectivity index (χ2n) is 6.58. The topological polar surface area (TPSA) is 24.5 Å². The summed E-state index contributed by atoms with van der Waals surface area (Å²) in [7, 11) is 2.25. The molecule has 2 unspecified atom stereocenters. The van der Waals surface area contributed by atoms with Gasteiger partial charge in [-0.3, -0.25) is 4.90 Å². The maximum Gasteiger partial charge on any atom is 0.119 e. The molecular weight excluding hydrogens is 260 g/mol. The van der Waals surface area contributed by atoms with Crippen molar-refractivity contribution in [1.82, 2.24) is 10.2 Å². The molecule has 0 radical (unpaired) electrons. The molecule has 3 heteroatoms. The van der Waals surface area contributed by atoms with Crippen LogP contribution in [0.3, 0.4) is 0 Å². The first-order valence-electron chi connectivity index (χ1n) is 8.44. The van der Waals surface area contributed by atoms with Crippen LogP contribution in [0.25, 0.3) is 0 Å². The van der Waals surface area contributed by atoms with Crippen LogP contribution in [-0.2, 0) is 0 Å². The molecule has 1 aliphatic heterocycles. The van der Waals surface area contributed by atoms with E-state index in [1.54, 1.807) is 0 Å². The molecule has 1 N–H and O–H groups in total. The van der Waals surface area contributed by atoms with Crippen molar-refractivity contribution in [3.8, 4) is 5.75 Å². The first-order valence-corrected chi connectivity index (χ1v) is 8.44. The molecule has 1 aromatic rings. The molecule has 0 aromatic heterocycles. The summed E-state index contributed by atoms with van der Waals surface area (Å²) in [5.74, 6) is 1.74. The third-order valence-corrected chi connectivity index (χ3v) is 4.69. The standard InChI is InChI=1S/C18H28N2O/c1-3-11-21-17-6-4-5-14(12-17)18-15(9-10-20(18)2)13-19-16-7-8-16/h4-6,12,15-16,18-19H,3,7-11,13H2,1-2H3. The minimum absolute atomic E-state index is 0.529. The van der Waals surface area contributed by atoms with Crippen LogP contribution >= 0.6 is 0 Å². The summed E-state index contributed by atoms with van der Waals surface area (Å²) >= 11 is 0. The van der Waals surface area contributed by atoms with E-state index in [9.17, 15) is 0 Å². The van der Waals surface area contributed by atoms with Crippen LogP contribution in [0.4, 0.5) is 0 Å². The summed E-state index contributed by atoms with van der Waals surface area (Å²) < 4.78 is 5.80. The van der Waals surface area contributed by atoms with Crippen molar-refractivity contribution in [2.24, 2.45) is 5.92 Å². The van der Waals surface area contributed by atoms with Crippen molar-refractivity contribution in [3.05, 3.63) is 29.8 Å². The van der Waals surface area contributed by atoms with Gasteiger partial charge < -0.3 is 10.1 Å². The lowest BCUT2D eigenvalue weighted by molar-refractivity contribution is 0.269. The minimum atomic E-state index is 0.529. The largest absolute Gasteiger partial charge is 0.494 e. The third kappa shape index (κ3) is 3.78. The van der Waals surface area contributed by atoms with Crippen molar-refractivity contribution in [2.45, 2.75) is 44.7 Å². The monoisotopic (exact) mass is 288 g/mol. The zero-order valence-electron chi connectivity index (χ0n) is 13.3. The maximum absolute atomic E-state index is 5.80. The van der Waals surface area contributed by atoms with E-state index in [1.165, 1.54) is 31.4 Å². The molecule has 0 bridgehead atoms. The highest BCUT2D eigenvalue weighted by Gasteiger charge is 2.34. The Balaban J connectivity index is 1.69. The van der Waals surface area contributed by atoms with Gasteiger partial charge >= 0.3 is 0 Å².